The summed E-state index contributed by atoms with van der Waals surface area (Å²) in [6, 6.07) is 9.81. The topological polar surface area (TPSA) is 23.6 Å². The number of anilines is 1. The molecule has 1 fully saturated rings. The van der Waals surface area contributed by atoms with Crippen LogP contribution in [0.4, 0.5) is 5.69 Å². The predicted molar refractivity (Wildman–Crippen MR) is 70.1 cm³/mol. The van der Waals surface area contributed by atoms with Crippen molar-refractivity contribution in [1.29, 1.82) is 0 Å². The second-order valence-electron chi connectivity index (χ2n) is 4.63. The van der Waals surface area contributed by atoms with E-state index in [4.69, 9.17) is 0 Å². The van der Waals surface area contributed by atoms with Crippen LogP contribution in [-0.2, 0) is 4.79 Å². The van der Waals surface area contributed by atoms with E-state index in [0.29, 0.717) is 6.54 Å². The van der Waals surface area contributed by atoms with E-state index in [1.807, 2.05) is 37.4 Å². The molecule has 1 aliphatic heterocycles. The van der Waals surface area contributed by atoms with Crippen LogP contribution in [0.3, 0.4) is 0 Å². The number of hydrogen-bond acceptors (Lipinski definition) is 2. The fourth-order valence-electron chi connectivity index (χ4n) is 2.21. The number of likely N-dealkylation sites (N-methyl/N-ethyl adjacent to an activating group) is 1. The van der Waals surface area contributed by atoms with Gasteiger partial charge in [0.1, 0.15) is 0 Å². The maximum atomic E-state index is 12.1. The molecule has 0 N–H and O–H groups in total. The van der Waals surface area contributed by atoms with Gasteiger partial charge in [0.15, 0.2) is 0 Å². The zero-order valence-corrected chi connectivity index (χ0v) is 10.4. The van der Waals surface area contributed by atoms with Crippen LogP contribution < -0.4 is 4.90 Å². The normalized spacial score (nSPS) is 16.8. The molecule has 0 spiro atoms. The van der Waals surface area contributed by atoms with Gasteiger partial charge in [0.25, 0.3) is 0 Å². The molecule has 1 amide bonds. The van der Waals surface area contributed by atoms with Crippen LogP contribution in [0.25, 0.3) is 0 Å². The first kappa shape index (κ1) is 12.1. The third-order valence-electron chi connectivity index (χ3n) is 3.33. The zero-order chi connectivity index (χ0) is 12.1. The third-order valence-corrected chi connectivity index (χ3v) is 3.33. The van der Waals surface area contributed by atoms with Gasteiger partial charge in [-0.05, 0) is 38.1 Å². The van der Waals surface area contributed by atoms with Crippen molar-refractivity contribution in [3.8, 4) is 0 Å². The molecular weight excluding hydrogens is 212 g/mol. The van der Waals surface area contributed by atoms with Crippen molar-refractivity contribution in [2.45, 2.75) is 19.3 Å². The van der Waals surface area contributed by atoms with Crippen molar-refractivity contribution in [2.75, 3.05) is 31.6 Å². The highest BCUT2D eigenvalue weighted by Gasteiger charge is 2.17. The molecule has 0 aromatic heterocycles. The first-order chi connectivity index (χ1) is 8.27. The van der Waals surface area contributed by atoms with Crippen LogP contribution in [0.5, 0.6) is 0 Å². The van der Waals surface area contributed by atoms with E-state index in [1.54, 1.807) is 4.90 Å². The third kappa shape index (κ3) is 3.30. The first-order valence-electron chi connectivity index (χ1n) is 6.31. The minimum atomic E-state index is 0.179. The average molecular weight is 232 g/mol. The fraction of sp³-hybridized carbons (Fsp3) is 0.500. The number of carbonyl (C=O) groups excluding carboxylic acids is 1. The van der Waals surface area contributed by atoms with E-state index in [9.17, 15) is 4.79 Å². The minimum absolute atomic E-state index is 0.179. The lowest BCUT2D eigenvalue weighted by Crippen LogP contribution is -2.40. The number of para-hydroxylation sites is 1. The molecule has 1 aromatic carbocycles. The summed E-state index contributed by atoms with van der Waals surface area (Å²) in [5.74, 6) is 0.179. The van der Waals surface area contributed by atoms with E-state index in [2.05, 4.69) is 4.90 Å². The molecule has 1 aromatic rings. The van der Waals surface area contributed by atoms with Gasteiger partial charge >= 0.3 is 0 Å². The Bertz CT molecular complexity index is 358. The smallest absolute Gasteiger partial charge is 0.240 e. The Kier molecular flexibility index (Phi) is 4.15. The zero-order valence-electron chi connectivity index (χ0n) is 10.4. The molecule has 0 aliphatic carbocycles. The maximum absolute atomic E-state index is 12.1. The van der Waals surface area contributed by atoms with Gasteiger partial charge in [-0.1, -0.05) is 24.6 Å². The van der Waals surface area contributed by atoms with Gasteiger partial charge in [0.05, 0.1) is 6.54 Å². The molecule has 0 radical (unpaired) electrons. The van der Waals surface area contributed by atoms with E-state index in [0.717, 1.165) is 18.8 Å². The molecule has 1 heterocycles. The van der Waals surface area contributed by atoms with Crippen LogP contribution in [-0.4, -0.2) is 37.5 Å². The molecule has 1 aliphatic rings. The quantitative estimate of drug-likeness (QED) is 0.797. The summed E-state index contributed by atoms with van der Waals surface area (Å²) in [6.07, 6.45) is 3.75. The van der Waals surface area contributed by atoms with Crippen molar-refractivity contribution < 1.29 is 4.79 Å². The number of rotatable bonds is 3. The summed E-state index contributed by atoms with van der Waals surface area (Å²) in [6.45, 7) is 2.67. The molecule has 3 nitrogen and oxygen atoms in total. The van der Waals surface area contributed by atoms with Crippen molar-refractivity contribution in [1.82, 2.24) is 4.90 Å². The lowest BCUT2D eigenvalue weighted by molar-refractivity contribution is -0.119. The molecule has 0 unspecified atom stereocenters. The van der Waals surface area contributed by atoms with Crippen molar-refractivity contribution in [2.24, 2.45) is 0 Å². The Labute approximate surface area is 103 Å². The van der Waals surface area contributed by atoms with Gasteiger partial charge in [-0.15, -0.1) is 0 Å². The Morgan fingerprint density at radius 3 is 2.47 bits per heavy atom. The van der Waals surface area contributed by atoms with Gasteiger partial charge in [-0.25, -0.2) is 0 Å². The maximum Gasteiger partial charge on any atom is 0.240 e. The molecule has 92 valence electrons. The second-order valence-corrected chi connectivity index (χ2v) is 4.63. The Hall–Kier alpha value is -1.35. The van der Waals surface area contributed by atoms with Crippen LogP contribution in [0, 0.1) is 0 Å². The fourth-order valence-corrected chi connectivity index (χ4v) is 2.21. The predicted octanol–water partition coefficient (Wildman–Crippen LogP) is 2.14. The summed E-state index contributed by atoms with van der Waals surface area (Å²) < 4.78 is 0. The number of hydrogen-bond donors (Lipinski definition) is 0. The Balaban J connectivity index is 1.91. The summed E-state index contributed by atoms with van der Waals surface area (Å²) >= 11 is 0. The molecular formula is C14H20N2O. The number of carbonyl (C=O) groups is 1. The SMILES string of the molecule is CN(C(=O)CN1CCCCC1)c1ccccc1. The largest absolute Gasteiger partial charge is 0.314 e. The van der Waals surface area contributed by atoms with Crippen molar-refractivity contribution in [3.63, 3.8) is 0 Å². The Morgan fingerprint density at radius 1 is 1.18 bits per heavy atom. The Morgan fingerprint density at radius 2 is 1.82 bits per heavy atom. The number of benzene rings is 1. The average Bonchev–Trinajstić information content (AvgIpc) is 2.40. The van der Waals surface area contributed by atoms with Crippen LogP contribution >= 0.6 is 0 Å². The van der Waals surface area contributed by atoms with Gasteiger partial charge in [0, 0.05) is 12.7 Å². The molecule has 0 saturated carbocycles. The monoisotopic (exact) mass is 232 g/mol. The van der Waals surface area contributed by atoms with E-state index < -0.39 is 0 Å². The number of likely N-dealkylation sites (tertiary alicyclic amines) is 1. The highest BCUT2D eigenvalue weighted by molar-refractivity contribution is 5.94. The van der Waals surface area contributed by atoms with E-state index in [1.165, 1.54) is 19.3 Å². The van der Waals surface area contributed by atoms with Crippen LogP contribution in [0.1, 0.15) is 19.3 Å². The summed E-state index contributed by atoms with van der Waals surface area (Å²) in [5.41, 5.74) is 0.967. The van der Waals surface area contributed by atoms with Crippen molar-refractivity contribution >= 4 is 11.6 Å². The first-order valence-corrected chi connectivity index (χ1v) is 6.31. The van der Waals surface area contributed by atoms with Crippen LogP contribution in [0.2, 0.25) is 0 Å². The number of nitrogens with zero attached hydrogens (tertiary/aromatic N) is 2. The molecule has 0 atom stereocenters. The summed E-state index contributed by atoms with van der Waals surface area (Å²) in [7, 11) is 1.85. The van der Waals surface area contributed by atoms with Crippen molar-refractivity contribution in [3.05, 3.63) is 30.3 Å². The highest BCUT2D eigenvalue weighted by atomic mass is 16.2. The number of amides is 1. The summed E-state index contributed by atoms with van der Waals surface area (Å²) in [4.78, 5) is 16.1. The number of piperidine rings is 1. The lowest BCUT2D eigenvalue weighted by Gasteiger charge is -2.28. The lowest BCUT2D eigenvalue weighted by atomic mass is 10.1. The molecule has 3 heteroatoms. The minimum Gasteiger partial charge on any atom is -0.314 e. The highest BCUT2D eigenvalue weighted by Crippen LogP contribution is 2.13. The van der Waals surface area contributed by atoms with E-state index in [-0.39, 0.29) is 5.91 Å². The van der Waals surface area contributed by atoms with Gasteiger partial charge < -0.3 is 4.90 Å². The summed E-state index contributed by atoms with van der Waals surface area (Å²) in [5, 5.41) is 0. The van der Waals surface area contributed by atoms with E-state index >= 15 is 0 Å². The van der Waals surface area contributed by atoms with Gasteiger partial charge in [-0.3, -0.25) is 9.69 Å². The molecule has 1 saturated heterocycles. The molecule has 2 rings (SSSR count). The van der Waals surface area contributed by atoms with Gasteiger partial charge in [-0.2, -0.15) is 0 Å². The molecule has 17 heavy (non-hydrogen) atoms. The second kappa shape index (κ2) is 5.82. The molecule has 0 bridgehead atoms. The van der Waals surface area contributed by atoms with Gasteiger partial charge in [0.2, 0.25) is 5.91 Å². The standard InChI is InChI=1S/C14H20N2O/c1-15(13-8-4-2-5-9-13)14(17)12-16-10-6-3-7-11-16/h2,4-5,8-9H,3,6-7,10-12H2,1H3. The van der Waals surface area contributed by atoms with Crippen LogP contribution in [0.15, 0.2) is 30.3 Å².